The van der Waals surface area contributed by atoms with Crippen LogP contribution in [-0.4, -0.2) is 71.0 Å². The van der Waals surface area contributed by atoms with Crippen LogP contribution in [0.5, 0.6) is 5.88 Å². The van der Waals surface area contributed by atoms with E-state index in [1.54, 1.807) is 42.4 Å². The highest BCUT2D eigenvalue weighted by Gasteiger charge is 2.22. The van der Waals surface area contributed by atoms with Crippen LogP contribution in [0.3, 0.4) is 0 Å². The number of ether oxygens (including phenoxy) is 1. The Labute approximate surface area is 219 Å². The summed E-state index contributed by atoms with van der Waals surface area (Å²) in [5, 5.41) is 17.1. The minimum absolute atomic E-state index is 0.500. The van der Waals surface area contributed by atoms with Gasteiger partial charge in [0.25, 0.3) is 0 Å². The molecule has 4 aromatic heterocycles. The molecule has 1 aliphatic heterocycles. The van der Waals surface area contributed by atoms with Crippen molar-refractivity contribution in [2.75, 3.05) is 45.2 Å². The van der Waals surface area contributed by atoms with Crippen LogP contribution >= 0.6 is 11.3 Å². The number of methoxy groups -OCH3 is 1. The fourth-order valence-electron chi connectivity index (χ4n) is 4.42. The molecule has 2 N–H and O–H groups in total. The Kier molecular flexibility index (Phi) is 7.11. The summed E-state index contributed by atoms with van der Waals surface area (Å²) in [5.74, 6) is 0.627. The zero-order valence-electron chi connectivity index (χ0n) is 20.7. The summed E-state index contributed by atoms with van der Waals surface area (Å²) < 4.78 is 6.86. The van der Waals surface area contributed by atoms with E-state index >= 15 is 0 Å². The molecule has 0 unspecified atom stereocenters. The van der Waals surface area contributed by atoms with E-state index in [0.29, 0.717) is 11.4 Å². The highest BCUT2D eigenvalue weighted by atomic mass is 32.1. The van der Waals surface area contributed by atoms with Crippen LogP contribution in [0.2, 0.25) is 0 Å². The number of pyridine rings is 2. The van der Waals surface area contributed by atoms with Gasteiger partial charge in [0.1, 0.15) is 6.07 Å². The van der Waals surface area contributed by atoms with Gasteiger partial charge in [0.15, 0.2) is 5.13 Å². The lowest BCUT2D eigenvalue weighted by molar-refractivity contribution is 0.249. The number of hydrogen-bond donors (Lipinski definition) is 1. The molecule has 4 aromatic rings. The fraction of sp³-hybridized carbons (Fsp3) is 0.269. The van der Waals surface area contributed by atoms with Crippen LogP contribution in [-0.2, 0) is 6.54 Å². The van der Waals surface area contributed by atoms with Crippen LogP contribution in [0.25, 0.3) is 22.3 Å². The van der Waals surface area contributed by atoms with Gasteiger partial charge in [0.2, 0.25) is 5.88 Å². The number of piperazine rings is 1. The van der Waals surface area contributed by atoms with Crippen molar-refractivity contribution in [2.45, 2.75) is 6.54 Å². The minimum Gasteiger partial charge on any atom is -0.481 e. The second-order valence-electron chi connectivity index (χ2n) is 8.60. The number of anilines is 1. The molecule has 11 heteroatoms. The number of thiazole rings is 1. The second-order valence-corrected chi connectivity index (χ2v) is 9.44. The van der Waals surface area contributed by atoms with Crippen molar-refractivity contribution in [3.05, 3.63) is 65.1 Å². The van der Waals surface area contributed by atoms with E-state index in [2.05, 4.69) is 37.0 Å². The van der Waals surface area contributed by atoms with Gasteiger partial charge in [-0.25, -0.2) is 14.5 Å². The first-order valence-corrected chi connectivity index (χ1v) is 12.7. The van der Waals surface area contributed by atoms with E-state index < -0.39 is 0 Å². The van der Waals surface area contributed by atoms with Gasteiger partial charge in [-0.3, -0.25) is 9.89 Å². The Hall–Kier alpha value is -4.27. The number of rotatable bonds is 7. The van der Waals surface area contributed by atoms with Gasteiger partial charge in [-0.1, -0.05) is 6.07 Å². The summed E-state index contributed by atoms with van der Waals surface area (Å²) in [7, 11) is 3.32. The van der Waals surface area contributed by atoms with Crippen LogP contribution < -0.4 is 15.4 Å². The molecule has 0 amide bonds. The summed E-state index contributed by atoms with van der Waals surface area (Å²) in [6.45, 7) is 4.49. The molecular weight excluding hydrogens is 486 g/mol. The van der Waals surface area contributed by atoms with E-state index in [1.807, 2.05) is 29.9 Å². The van der Waals surface area contributed by atoms with Crippen molar-refractivity contribution in [1.29, 1.82) is 5.26 Å². The van der Waals surface area contributed by atoms with E-state index in [0.717, 1.165) is 65.8 Å². The van der Waals surface area contributed by atoms with Crippen LogP contribution in [0, 0.1) is 11.3 Å². The Morgan fingerprint density at radius 2 is 2.11 bits per heavy atom. The lowest BCUT2D eigenvalue weighted by atomic mass is 10.0. The number of aromatic nitrogens is 4. The molecule has 1 saturated heterocycles. The highest BCUT2D eigenvalue weighted by Crippen LogP contribution is 2.33. The molecule has 0 aromatic carbocycles. The average Bonchev–Trinajstić information content (AvgIpc) is 3.60. The van der Waals surface area contributed by atoms with Crippen molar-refractivity contribution in [2.24, 2.45) is 10.7 Å². The minimum atomic E-state index is 0.500. The lowest BCUT2D eigenvalue weighted by Gasteiger charge is -2.34. The third kappa shape index (κ3) is 5.02. The summed E-state index contributed by atoms with van der Waals surface area (Å²) in [6.07, 6.45) is 8.52. The normalized spacial score (nSPS) is 14.9. The Morgan fingerprint density at radius 1 is 1.27 bits per heavy atom. The number of hydrogen-bond acceptors (Lipinski definition) is 10. The molecular formula is C26H27N9OS. The molecule has 0 aliphatic carbocycles. The summed E-state index contributed by atoms with van der Waals surface area (Å²) in [4.78, 5) is 18.1. The zero-order chi connectivity index (χ0) is 25.8. The predicted octanol–water partition coefficient (Wildman–Crippen LogP) is 3.06. The Balaban J connectivity index is 1.36. The molecule has 5 rings (SSSR count). The quantitative estimate of drug-likeness (QED) is 0.374. The van der Waals surface area contributed by atoms with Crippen LogP contribution in [0.1, 0.15) is 16.7 Å². The van der Waals surface area contributed by atoms with Crippen LogP contribution in [0.15, 0.2) is 53.4 Å². The molecule has 0 saturated carbocycles. The van der Waals surface area contributed by atoms with Gasteiger partial charge in [-0.2, -0.15) is 10.4 Å². The molecule has 5 heterocycles. The fourth-order valence-corrected chi connectivity index (χ4v) is 5.30. The number of allylic oxidation sites excluding steroid dienone is 1. The van der Waals surface area contributed by atoms with E-state index in [1.165, 1.54) is 11.8 Å². The van der Waals surface area contributed by atoms with Gasteiger partial charge < -0.3 is 15.4 Å². The molecule has 0 spiro atoms. The van der Waals surface area contributed by atoms with Gasteiger partial charge in [0.05, 0.1) is 30.1 Å². The van der Waals surface area contributed by atoms with Crippen molar-refractivity contribution >= 4 is 33.8 Å². The molecule has 0 radical (unpaired) electrons. The van der Waals surface area contributed by atoms with Gasteiger partial charge in [-0.05, 0) is 11.6 Å². The molecule has 0 bridgehead atoms. The molecule has 1 fully saturated rings. The first-order valence-electron chi connectivity index (χ1n) is 11.8. The van der Waals surface area contributed by atoms with Crippen LogP contribution in [0.4, 0.5) is 5.13 Å². The van der Waals surface area contributed by atoms with E-state index in [4.69, 9.17) is 15.5 Å². The number of nitrogens with zero attached hydrogens (tertiary/aromatic N) is 8. The molecule has 188 valence electrons. The highest BCUT2D eigenvalue weighted by molar-refractivity contribution is 7.14. The maximum Gasteiger partial charge on any atom is 0.212 e. The van der Waals surface area contributed by atoms with Gasteiger partial charge in [-0.15, -0.1) is 11.3 Å². The first kappa shape index (κ1) is 24.4. The van der Waals surface area contributed by atoms with Crippen molar-refractivity contribution in [3.63, 3.8) is 0 Å². The molecule has 0 atom stereocenters. The lowest BCUT2D eigenvalue weighted by Crippen LogP contribution is -2.45. The maximum absolute atomic E-state index is 9.67. The third-order valence-corrected chi connectivity index (χ3v) is 7.24. The number of fused-ring (bicyclic) bond motifs is 1. The summed E-state index contributed by atoms with van der Waals surface area (Å²) in [5.41, 5.74) is 11.5. The number of nitriles is 1. The monoisotopic (exact) mass is 513 g/mol. The summed E-state index contributed by atoms with van der Waals surface area (Å²) in [6, 6.07) is 8.20. The largest absolute Gasteiger partial charge is 0.481 e. The van der Waals surface area contributed by atoms with Gasteiger partial charge >= 0.3 is 0 Å². The van der Waals surface area contributed by atoms with E-state index in [9.17, 15) is 5.26 Å². The molecule has 10 nitrogen and oxygen atoms in total. The average molecular weight is 514 g/mol. The predicted molar refractivity (Wildman–Crippen MR) is 146 cm³/mol. The SMILES string of the molecule is CN=C/C(=C\N)c1cc(-c2csc(N3CCN(Cc4ccc(OC)nc4)CC3)n2)c2c(C#N)cnn2c1. The molecule has 37 heavy (non-hydrogen) atoms. The van der Waals surface area contributed by atoms with Crippen molar-refractivity contribution in [3.8, 4) is 23.2 Å². The summed E-state index contributed by atoms with van der Waals surface area (Å²) >= 11 is 1.61. The number of nitrogens with two attached hydrogens (primary N) is 1. The Bertz CT molecular complexity index is 1490. The zero-order valence-corrected chi connectivity index (χ0v) is 21.5. The topological polar surface area (TPSA) is 121 Å². The third-order valence-electron chi connectivity index (χ3n) is 6.34. The van der Waals surface area contributed by atoms with Crippen molar-refractivity contribution < 1.29 is 4.74 Å². The first-order chi connectivity index (χ1) is 18.1. The maximum atomic E-state index is 9.67. The Morgan fingerprint density at radius 3 is 2.78 bits per heavy atom. The standard InChI is InChI=1S/C26H27N9OS/c1-29-13-20(10-27)19-9-22(25-21(11-28)14-31-35(25)16-19)23-17-37-26(32-23)34-7-5-33(6-8-34)15-18-3-4-24(36-2)30-12-18/h3-4,9-10,12-14,16-17H,5-8,15,27H2,1-2H3/b20-10+,29-13?. The van der Waals surface area contributed by atoms with Gasteiger partial charge in [0, 0.05) is 92.7 Å². The smallest absolute Gasteiger partial charge is 0.212 e. The molecule has 1 aliphatic rings. The second kappa shape index (κ2) is 10.8. The van der Waals surface area contributed by atoms with Crippen molar-refractivity contribution in [1.82, 2.24) is 24.5 Å². The van der Waals surface area contributed by atoms with E-state index in [-0.39, 0.29) is 0 Å². The number of aliphatic imine (C=N–C) groups is 1.